The molecule has 70 valence electrons. The number of halogens is 1. The number of hydrogen-bond donors (Lipinski definition) is 1. The van der Waals surface area contributed by atoms with Crippen LogP contribution in [0.4, 0.5) is 0 Å². The van der Waals surface area contributed by atoms with Crippen molar-refractivity contribution in [1.82, 2.24) is 0 Å². The van der Waals surface area contributed by atoms with E-state index < -0.39 is 0 Å². The second kappa shape index (κ2) is 5.05. The Kier molecular flexibility index (Phi) is 4.00. The number of allylic oxidation sites excluding steroid dienone is 1. The average Bonchev–Trinajstić information content (AvgIpc) is 2.18. The van der Waals surface area contributed by atoms with Crippen LogP contribution in [-0.2, 0) is 0 Å². The maximum absolute atomic E-state index is 8.67. The largest absolute Gasteiger partial charge is 0.392 e. The van der Waals surface area contributed by atoms with Crippen LogP contribution in [0.5, 0.6) is 0 Å². The molecule has 0 heterocycles. The van der Waals surface area contributed by atoms with Crippen molar-refractivity contribution < 1.29 is 5.11 Å². The van der Waals surface area contributed by atoms with Gasteiger partial charge in [0.15, 0.2) is 0 Å². The highest BCUT2D eigenvalue weighted by Gasteiger charge is 2.07. The molecule has 0 aromatic heterocycles. The lowest BCUT2D eigenvalue weighted by atomic mass is 10.0. The number of hydrogen-bond acceptors (Lipinski definition) is 1. The van der Waals surface area contributed by atoms with E-state index in [0.717, 1.165) is 5.56 Å². The first-order chi connectivity index (χ1) is 6.25. The maximum Gasteiger partial charge on any atom is 0.0626 e. The predicted octanol–water partition coefficient (Wildman–Crippen LogP) is 2.91. The van der Waals surface area contributed by atoms with Crippen LogP contribution in [0.15, 0.2) is 41.4 Å². The Morgan fingerprint density at radius 3 is 2.62 bits per heavy atom. The Hall–Kier alpha value is -0.790. The van der Waals surface area contributed by atoms with Crippen LogP contribution in [0, 0.1) is 0 Å². The van der Waals surface area contributed by atoms with Crippen molar-refractivity contribution in [2.45, 2.75) is 12.8 Å². The fraction of sp³-hybridized carbons (Fsp3) is 0.273. The summed E-state index contributed by atoms with van der Waals surface area (Å²) in [6.07, 6.45) is 1.62. The van der Waals surface area contributed by atoms with Crippen molar-refractivity contribution in [2.75, 3.05) is 6.61 Å². The van der Waals surface area contributed by atoms with Gasteiger partial charge in [-0.1, -0.05) is 48.9 Å². The van der Waals surface area contributed by atoms with Crippen molar-refractivity contribution in [3.05, 3.63) is 47.0 Å². The number of benzene rings is 1. The third kappa shape index (κ3) is 2.87. The van der Waals surface area contributed by atoms with E-state index in [4.69, 9.17) is 16.7 Å². The van der Waals surface area contributed by atoms with Crippen LogP contribution in [0.3, 0.4) is 0 Å². The Labute approximate surface area is 83.7 Å². The molecular weight excluding hydrogens is 184 g/mol. The Bertz CT molecular complexity index is 279. The Morgan fingerprint density at radius 1 is 1.46 bits per heavy atom. The molecule has 1 aromatic carbocycles. The van der Waals surface area contributed by atoms with E-state index in [1.54, 1.807) is 6.08 Å². The molecule has 0 aliphatic heterocycles. The van der Waals surface area contributed by atoms with Gasteiger partial charge in [0.05, 0.1) is 6.61 Å². The van der Waals surface area contributed by atoms with Gasteiger partial charge < -0.3 is 5.11 Å². The fourth-order valence-corrected chi connectivity index (χ4v) is 1.36. The normalized spacial score (nSPS) is 14.2. The summed E-state index contributed by atoms with van der Waals surface area (Å²) in [5.74, 6) is 0.162. The third-order valence-electron chi connectivity index (χ3n) is 2.00. The van der Waals surface area contributed by atoms with Gasteiger partial charge >= 0.3 is 0 Å². The van der Waals surface area contributed by atoms with E-state index in [9.17, 15) is 0 Å². The number of aliphatic hydroxyl groups is 1. The van der Waals surface area contributed by atoms with Crippen LogP contribution in [0.2, 0.25) is 0 Å². The lowest BCUT2D eigenvalue weighted by Crippen LogP contribution is -1.93. The molecule has 1 unspecified atom stereocenters. The molecule has 0 aliphatic rings. The molecule has 0 spiro atoms. The molecule has 1 nitrogen and oxygen atoms in total. The molecule has 1 aromatic rings. The van der Waals surface area contributed by atoms with Crippen LogP contribution < -0.4 is 0 Å². The van der Waals surface area contributed by atoms with Gasteiger partial charge in [0.25, 0.3) is 0 Å². The molecule has 0 bridgehead atoms. The molecule has 0 fully saturated rings. The topological polar surface area (TPSA) is 20.2 Å². The summed E-state index contributed by atoms with van der Waals surface area (Å²) >= 11 is 5.97. The lowest BCUT2D eigenvalue weighted by molar-refractivity contribution is 0.342. The van der Waals surface area contributed by atoms with Gasteiger partial charge in [-0.05, 0) is 11.6 Å². The van der Waals surface area contributed by atoms with E-state index in [-0.39, 0.29) is 12.5 Å². The van der Waals surface area contributed by atoms with Gasteiger partial charge in [-0.2, -0.15) is 0 Å². The summed E-state index contributed by atoms with van der Waals surface area (Å²) in [5, 5.41) is 9.36. The van der Waals surface area contributed by atoms with Gasteiger partial charge in [0, 0.05) is 11.0 Å². The van der Waals surface area contributed by atoms with Crippen LogP contribution in [0.25, 0.3) is 0 Å². The minimum absolute atomic E-state index is 0.00396. The quantitative estimate of drug-likeness (QED) is 0.788. The summed E-state index contributed by atoms with van der Waals surface area (Å²) in [4.78, 5) is 0. The average molecular weight is 197 g/mol. The standard InChI is InChI=1S/C11H13ClO/c1-9(11(12)7-8-13)10-5-3-2-4-6-10/h2-7,9,13H,8H2,1H3. The molecule has 0 radical (unpaired) electrons. The van der Waals surface area contributed by atoms with Crippen molar-refractivity contribution >= 4 is 11.6 Å². The smallest absolute Gasteiger partial charge is 0.0626 e. The molecule has 1 atom stereocenters. The Morgan fingerprint density at radius 2 is 2.08 bits per heavy atom. The van der Waals surface area contributed by atoms with E-state index in [0.29, 0.717) is 5.03 Å². The SMILES string of the molecule is CC(C(Cl)=CCO)c1ccccc1. The van der Waals surface area contributed by atoms with E-state index in [1.165, 1.54) is 0 Å². The predicted molar refractivity (Wildman–Crippen MR) is 55.9 cm³/mol. The monoisotopic (exact) mass is 196 g/mol. The highest BCUT2D eigenvalue weighted by atomic mass is 35.5. The van der Waals surface area contributed by atoms with Crippen molar-refractivity contribution in [3.8, 4) is 0 Å². The zero-order valence-corrected chi connectivity index (χ0v) is 8.33. The first-order valence-electron chi connectivity index (χ1n) is 4.27. The van der Waals surface area contributed by atoms with Crippen LogP contribution in [0.1, 0.15) is 18.4 Å². The number of rotatable bonds is 3. The summed E-state index contributed by atoms with van der Waals surface area (Å²) in [7, 11) is 0. The van der Waals surface area contributed by atoms with Crippen LogP contribution >= 0.6 is 11.6 Å². The minimum atomic E-state index is -0.00396. The fourth-order valence-electron chi connectivity index (χ4n) is 1.16. The first kappa shape index (κ1) is 10.3. The summed E-state index contributed by atoms with van der Waals surface area (Å²) in [5.41, 5.74) is 1.16. The highest BCUT2D eigenvalue weighted by Crippen LogP contribution is 2.25. The van der Waals surface area contributed by atoms with E-state index in [2.05, 4.69) is 0 Å². The molecule has 0 aliphatic carbocycles. The van der Waals surface area contributed by atoms with Gasteiger partial charge in [-0.15, -0.1) is 0 Å². The molecule has 1 N–H and O–H groups in total. The Balaban J connectivity index is 2.79. The molecule has 0 saturated heterocycles. The van der Waals surface area contributed by atoms with Crippen molar-refractivity contribution in [3.63, 3.8) is 0 Å². The van der Waals surface area contributed by atoms with Crippen molar-refractivity contribution in [1.29, 1.82) is 0 Å². The second-order valence-corrected chi connectivity index (χ2v) is 3.34. The number of aliphatic hydroxyl groups excluding tert-OH is 1. The molecular formula is C11H13ClO. The molecule has 0 saturated carbocycles. The summed E-state index contributed by atoms with van der Waals surface area (Å²) < 4.78 is 0. The van der Waals surface area contributed by atoms with Gasteiger partial charge in [-0.25, -0.2) is 0 Å². The lowest BCUT2D eigenvalue weighted by Gasteiger charge is -2.09. The second-order valence-electron chi connectivity index (χ2n) is 2.90. The molecule has 1 rings (SSSR count). The van der Waals surface area contributed by atoms with Gasteiger partial charge in [0.2, 0.25) is 0 Å². The summed E-state index contributed by atoms with van der Waals surface area (Å²) in [6.45, 7) is 2.01. The maximum atomic E-state index is 8.67. The first-order valence-corrected chi connectivity index (χ1v) is 4.65. The van der Waals surface area contributed by atoms with Gasteiger partial charge in [-0.3, -0.25) is 0 Å². The highest BCUT2D eigenvalue weighted by molar-refractivity contribution is 6.30. The molecule has 13 heavy (non-hydrogen) atoms. The summed E-state index contributed by atoms with van der Waals surface area (Å²) in [6, 6.07) is 9.99. The third-order valence-corrected chi connectivity index (χ3v) is 2.48. The minimum Gasteiger partial charge on any atom is -0.392 e. The van der Waals surface area contributed by atoms with Crippen LogP contribution in [-0.4, -0.2) is 11.7 Å². The van der Waals surface area contributed by atoms with Crippen molar-refractivity contribution in [2.24, 2.45) is 0 Å². The van der Waals surface area contributed by atoms with E-state index in [1.807, 2.05) is 37.3 Å². The zero-order valence-electron chi connectivity index (χ0n) is 7.57. The zero-order chi connectivity index (χ0) is 9.68. The molecule has 2 heteroatoms. The van der Waals surface area contributed by atoms with E-state index >= 15 is 0 Å². The van der Waals surface area contributed by atoms with Gasteiger partial charge in [0.1, 0.15) is 0 Å². The molecule has 0 amide bonds.